The summed E-state index contributed by atoms with van der Waals surface area (Å²) in [7, 11) is 0. The van der Waals surface area contributed by atoms with E-state index in [1.54, 1.807) is 0 Å². The lowest BCUT2D eigenvalue weighted by Gasteiger charge is -2.07. The fraction of sp³-hybridized carbons (Fsp3) is 0.263. The van der Waals surface area contributed by atoms with Gasteiger partial charge in [0.15, 0.2) is 0 Å². The monoisotopic (exact) mass is 341 g/mol. The summed E-state index contributed by atoms with van der Waals surface area (Å²) in [5, 5.41) is 3.69. The summed E-state index contributed by atoms with van der Waals surface area (Å²) in [5.41, 5.74) is 3.14. The van der Waals surface area contributed by atoms with Gasteiger partial charge in [0.2, 0.25) is 5.91 Å². The van der Waals surface area contributed by atoms with E-state index in [0.717, 1.165) is 34.6 Å². The van der Waals surface area contributed by atoms with E-state index in [-0.39, 0.29) is 5.91 Å². The molecule has 4 nitrogen and oxygen atoms in total. The molecule has 0 unspecified atom stereocenters. The molecule has 3 rings (SSSR count). The van der Waals surface area contributed by atoms with Crippen molar-refractivity contribution in [2.24, 2.45) is 0 Å². The third kappa shape index (κ3) is 4.15. The van der Waals surface area contributed by atoms with Crippen LogP contribution < -0.4 is 5.32 Å². The summed E-state index contributed by atoms with van der Waals surface area (Å²) in [6.45, 7) is 1.50. The van der Waals surface area contributed by atoms with Crippen LogP contribution in [-0.2, 0) is 17.8 Å². The molecule has 124 valence electrons. The number of imidazole rings is 1. The maximum Gasteiger partial charge on any atom is 0.220 e. The minimum atomic E-state index is 0.0606. The van der Waals surface area contributed by atoms with Crippen LogP contribution in [-0.4, -0.2) is 22.0 Å². The van der Waals surface area contributed by atoms with Crippen molar-refractivity contribution in [3.63, 3.8) is 0 Å². The third-order valence-corrected chi connectivity index (χ3v) is 4.37. The Kier molecular flexibility index (Phi) is 5.49. The Morgan fingerprint density at radius 2 is 1.92 bits per heavy atom. The molecule has 0 aliphatic rings. The van der Waals surface area contributed by atoms with Crippen molar-refractivity contribution in [2.45, 2.75) is 25.8 Å². The maximum absolute atomic E-state index is 11.9. The number of carbonyl (C=O) groups excluding carboxylic acids is 1. The van der Waals surface area contributed by atoms with Gasteiger partial charge in [0, 0.05) is 24.5 Å². The maximum atomic E-state index is 11.9. The summed E-state index contributed by atoms with van der Waals surface area (Å²) < 4.78 is 2.12. The van der Waals surface area contributed by atoms with Crippen LogP contribution in [0.15, 0.2) is 54.9 Å². The number of nitrogens with zero attached hydrogens (tertiary/aromatic N) is 2. The largest absolute Gasteiger partial charge is 0.356 e. The van der Waals surface area contributed by atoms with Gasteiger partial charge in [-0.2, -0.15) is 0 Å². The molecular formula is C19H20ClN3O. The van der Waals surface area contributed by atoms with E-state index >= 15 is 0 Å². The van der Waals surface area contributed by atoms with Crippen molar-refractivity contribution in [1.82, 2.24) is 14.9 Å². The van der Waals surface area contributed by atoms with E-state index in [4.69, 9.17) is 11.6 Å². The number of carbonyl (C=O) groups is 1. The van der Waals surface area contributed by atoms with Crippen molar-refractivity contribution in [3.05, 3.63) is 65.4 Å². The molecule has 0 bridgehead atoms. The zero-order valence-corrected chi connectivity index (χ0v) is 14.2. The number of hydrogen-bond acceptors (Lipinski definition) is 2. The van der Waals surface area contributed by atoms with Gasteiger partial charge >= 0.3 is 0 Å². The van der Waals surface area contributed by atoms with Gasteiger partial charge in [0.1, 0.15) is 0 Å². The van der Waals surface area contributed by atoms with E-state index in [9.17, 15) is 4.79 Å². The SMILES string of the molecule is O=C(CCc1ccccc1Cl)NCCCn1cnc2ccccc21. The number of fused-ring (bicyclic) bond motifs is 1. The van der Waals surface area contributed by atoms with Gasteiger partial charge in [0.05, 0.1) is 17.4 Å². The fourth-order valence-electron chi connectivity index (χ4n) is 2.70. The van der Waals surface area contributed by atoms with Crippen molar-refractivity contribution < 1.29 is 4.79 Å². The Bertz CT molecular complexity index is 828. The van der Waals surface area contributed by atoms with Crippen molar-refractivity contribution >= 4 is 28.5 Å². The molecule has 0 aliphatic heterocycles. The summed E-state index contributed by atoms with van der Waals surface area (Å²) in [4.78, 5) is 16.3. The third-order valence-electron chi connectivity index (χ3n) is 4.00. The summed E-state index contributed by atoms with van der Waals surface area (Å²) in [6, 6.07) is 15.7. The van der Waals surface area contributed by atoms with Crippen LogP contribution in [0.2, 0.25) is 5.02 Å². The first-order chi connectivity index (χ1) is 11.7. The van der Waals surface area contributed by atoms with Gasteiger partial charge in [-0.15, -0.1) is 0 Å². The van der Waals surface area contributed by atoms with Crippen LogP contribution in [0.1, 0.15) is 18.4 Å². The number of nitrogens with one attached hydrogen (secondary N) is 1. The molecule has 0 spiro atoms. The van der Waals surface area contributed by atoms with Crippen molar-refractivity contribution in [2.75, 3.05) is 6.54 Å². The molecule has 0 aliphatic carbocycles. The normalized spacial score (nSPS) is 10.9. The lowest BCUT2D eigenvalue weighted by molar-refractivity contribution is -0.121. The first-order valence-electron chi connectivity index (χ1n) is 8.14. The second-order valence-electron chi connectivity index (χ2n) is 5.72. The number of hydrogen-bond donors (Lipinski definition) is 1. The predicted octanol–water partition coefficient (Wildman–Crippen LogP) is 3.83. The van der Waals surface area contributed by atoms with Gasteiger partial charge in [-0.05, 0) is 36.6 Å². The zero-order valence-electron chi connectivity index (χ0n) is 13.4. The number of halogens is 1. The van der Waals surface area contributed by atoms with E-state index in [0.29, 0.717) is 19.4 Å². The highest BCUT2D eigenvalue weighted by molar-refractivity contribution is 6.31. The van der Waals surface area contributed by atoms with Crippen LogP contribution >= 0.6 is 11.6 Å². The van der Waals surface area contributed by atoms with Crippen LogP contribution in [0.4, 0.5) is 0 Å². The van der Waals surface area contributed by atoms with Gasteiger partial charge in [0.25, 0.3) is 0 Å². The smallest absolute Gasteiger partial charge is 0.220 e. The molecule has 0 atom stereocenters. The van der Waals surface area contributed by atoms with Gasteiger partial charge < -0.3 is 9.88 Å². The lowest BCUT2D eigenvalue weighted by Crippen LogP contribution is -2.25. The molecule has 0 saturated heterocycles. The van der Waals surface area contributed by atoms with Gasteiger partial charge in [-0.25, -0.2) is 4.98 Å². The summed E-state index contributed by atoms with van der Waals surface area (Å²) >= 11 is 6.10. The molecule has 0 radical (unpaired) electrons. The molecule has 24 heavy (non-hydrogen) atoms. The van der Waals surface area contributed by atoms with Crippen LogP contribution in [0.3, 0.4) is 0 Å². The van der Waals surface area contributed by atoms with Gasteiger partial charge in [-0.1, -0.05) is 41.9 Å². The van der Waals surface area contributed by atoms with Crippen LogP contribution in [0, 0.1) is 0 Å². The highest BCUT2D eigenvalue weighted by Crippen LogP contribution is 2.16. The quantitative estimate of drug-likeness (QED) is 0.664. The summed E-state index contributed by atoms with van der Waals surface area (Å²) in [5.74, 6) is 0.0606. The fourth-order valence-corrected chi connectivity index (χ4v) is 2.93. The average molecular weight is 342 g/mol. The number of amides is 1. The van der Waals surface area contributed by atoms with Crippen molar-refractivity contribution in [3.8, 4) is 0 Å². The number of aromatic nitrogens is 2. The Labute approximate surface area is 146 Å². The molecule has 5 heteroatoms. The Hall–Kier alpha value is -2.33. The van der Waals surface area contributed by atoms with E-state index in [1.165, 1.54) is 0 Å². The summed E-state index contributed by atoms with van der Waals surface area (Å²) in [6.07, 6.45) is 3.84. The average Bonchev–Trinajstić information content (AvgIpc) is 3.01. The molecule has 1 aromatic heterocycles. The number of benzene rings is 2. The van der Waals surface area contributed by atoms with Gasteiger partial charge in [-0.3, -0.25) is 4.79 Å². The zero-order chi connectivity index (χ0) is 16.8. The van der Waals surface area contributed by atoms with E-state index in [2.05, 4.69) is 20.9 Å². The minimum Gasteiger partial charge on any atom is -0.356 e. The molecule has 0 fully saturated rings. The minimum absolute atomic E-state index is 0.0606. The van der Waals surface area contributed by atoms with Crippen molar-refractivity contribution in [1.29, 1.82) is 0 Å². The predicted molar refractivity (Wildman–Crippen MR) is 97.1 cm³/mol. The molecule has 1 N–H and O–H groups in total. The topological polar surface area (TPSA) is 46.9 Å². The highest BCUT2D eigenvalue weighted by Gasteiger charge is 2.05. The molecule has 1 amide bonds. The second kappa shape index (κ2) is 7.97. The molecular weight excluding hydrogens is 322 g/mol. The van der Waals surface area contributed by atoms with E-state index in [1.807, 2.05) is 48.8 Å². The first kappa shape index (κ1) is 16.5. The standard InChI is InChI=1S/C19H20ClN3O/c20-16-7-2-1-6-15(16)10-11-19(24)21-12-5-13-23-14-22-17-8-3-4-9-18(17)23/h1-4,6-9,14H,5,10-13H2,(H,21,24). The molecule has 3 aromatic rings. The molecule has 0 saturated carbocycles. The lowest BCUT2D eigenvalue weighted by atomic mass is 10.1. The molecule has 2 aromatic carbocycles. The molecule has 1 heterocycles. The number of aryl methyl sites for hydroxylation is 2. The second-order valence-corrected chi connectivity index (χ2v) is 6.13. The first-order valence-corrected chi connectivity index (χ1v) is 8.52. The number of para-hydroxylation sites is 2. The highest BCUT2D eigenvalue weighted by atomic mass is 35.5. The Morgan fingerprint density at radius 3 is 2.79 bits per heavy atom. The number of rotatable bonds is 7. The Balaban J connectivity index is 1.40. The van der Waals surface area contributed by atoms with Crippen LogP contribution in [0.5, 0.6) is 0 Å². The van der Waals surface area contributed by atoms with E-state index < -0.39 is 0 Å². The Morgan fingerprint density at radius 1 is 1.12 bits per heavy atom. The van der Waals surface area contributed by atoms with Crippen LogP contribution in [0.25, 0.3) is 11.0 Å².